The molecular formula is C6H8ClN3. The molecule has 2 N–H and O–H groups in total. The molecule has 0 amide bonds. The molecular weight excluding hydrogens is 150 g/mol. The van der Waals surface area contributed by atoms with E-state index in [1.54, 1.807) is 0 Å². The second kappa shape index (κ2) is 2.84. The number of rotatable bonds is 1. The molecule has 0 aliphatic carbocycles. The molecule has 1 aromatic heterocycles. The van der Waals surface area contributed by atoms with E-state index in [1.165, 1.54) is 6.33 Å². The van der Waals surface area contributed by atoms with Crippen LogP contribution in [0, 0.1) is 0 Å². The fraction of sp³-hybridized carbons (Fsp3) is 0.333. The van der Waals surface area contributed by atoms with Crippen LogP contribution < -0.4 is 5.73 Å². The molecule has 0 fully saturated rings. The van der Waals surface area contributed by atoms with Crippen LogP contribution >= 0.6 is 11.6 Å². The zero-order valence-corrected chi connectivity index (χ0v) is 6.39. The second-order valence-corrected chi connectivity index (χ2v) is 2.24. The SMILES string of the molecule is CCc1c(N)ncnc1Cl. The van der Waals surface area contributed by atoms with E-state index in [0.717, 1.165) is 12.0 Å². The van der Waals surface area contributed by atoms with Gasteiger partial charge in [0, 0.05) is 5.56 Å². The van der Waals surface area contributed by atoms with Crippen molar-refractivity contribution in [1.29, 1.82) is 0 Å². The zero-order chi connectivity index (χ0) is 7.56. The summed E-state index contributed by atoms with van der Waals surface area (Å²) in [7, 11) is 0. The average molecular weight is 158 g/mol. The van der Waals surface area contributed by atoms with Crippen molar-refractivity contribution < 1.29 is 0 Å². The number of nitrogen functional groups attached to an aromatic ring is 1. The predicted octanol–water partition coefficient (Wildman–Crippen LogP) is 1.27. The van der Waals surface area contributed by atoms with Gasteiger partial charge in [0.25, 0.3) is 0 Å². The third kappa shape index (κ3) is 1.19. The maximum absolute atomic E-state index is 5.70. The smallest absolute Gasteiger partial charge is 0.137 e. The summed E-state index contributed by atoms with van der Waals surface area (Å²) in [4.78, 5) is 7.58. The molecule has 0 unspecified atom stereocenters. The fourth-order valence-electron chi connectivity index (χ4n) is 0.730. The fourth-order valence-corrected chi connectivity index (χ4v) is 1.00. The lowest BCUT2D eigenvalue weighted by Crippen LogP contribution is -1.98. The first-order valence-corrected chi connectivity index (χ1v) is 3.38. The molecule has 0 bridgehead atoms. The van der Waals surface area contributed by atoms with Crippen LogP contribution in [0.4, 0.5) is 5.82 Å². The molecule has 0 aliphatic rings. The van der Waals surface area contributed by atoms with Gasteiger partial charge in [-0.25, -0.2) is 9.97 Å². The van der Waals surface area contributed by atoms with E-state index in [9.17, 15) is 0 Å². The highest BCUT2D eigenvalue weighted by molar-refractivity contribution is 6.30. The van der Waals surface area contributed by atoms with Gasteiger partial charge in [0.05, 0.1) is 0 Å². The number of nitrogens with two attached hydrogens (primary N) is 1. The summed E-state index contributed by atoms with van der Waals surface area (Å²) >= 11 is 5.70. The van der Waals surface area contributed by atoms with E-state index in [2.05, 4.69) is 9.97 Å². The van der Waals surface area contributed by atoms with Crippen LogP contribution in [0.3, 0.4) is 0 Å². The lowest BCUT2D eigenvalue weighted by atomic mass is 10.2. The van der Waals surface area contributed by atoms with Gasteiger partial charge >= 0.3 is 0 Å². The van der Waals surface area contributed by atoms with Gasteiger partial charge in [0.15, 0.2) is 0 Å². The topological polar surface area (TPSA) is 51.8 Å². The number of halogens is 1. The van der Waals surface area contributed by atoms with Crippen molar-refractivity contribution in [3.63, 3.8) is 0 Å². The van der Waals surface area contributed by atoms with Crippen LogP contribution in [-0.2, 0) is 6.42 Å². The predicted molar refractivity (Wildman–Crippen MR) is 40.8 cm³/mol. The Balaban J connectivity index is 3.17. The van der Waals surface area contributed by atoms with Crippen molar-refractivity contribution in [3.05, 3.63) is 17.0 Å². The monoisotopic (exact) mass is 157 g/mol. The largest absolute Gasteiger partial charge is 0.383 e. The molecule has 0 spiro atoms. The van der Waals surface area contributed by atoms with Crippen molar-refractivity contribution in [2.45, 2.75) is 13.3 Å². The highest BCUT2D eigenvalue weighted by atomic mass is 35.5. The van der Waals surface area contributed by atoms with Crippen LogP contribution in [0.5, 0.6) is 0 Å². The summed E-state index contributed by atoms with van der Waals surface area (Å²) in [6, 6.07) is 0. The summed E-state index contributed by atoms with van der Waals surface area (Å²) < 4.78 is 0. The molecule has 10 heavy (non-hydrogen) atoms. The third-order valence-electron chi connectivity index (χ3n) is 1.28. The summed E-state index contributed by atoms with van der Waals surface area (Å²) in [6.45, 7) is 1.96. The molecule has 54 valence electrons. The lowest BCUT2D eigenvalue weighted by molar-refractivity contribution is 1.05. The van der Waals surface area contributed by atoms with Gasteiger partial charge in [-0.05, 0) is 6.42 Å². The maximum Gasteiger partial charge on any atom is 0.137 e. The van der Waals surface area contributed by atoms with E-state index < -0.39 is 0 Å². The highest BCUT2D eigenvalue weighted by Crippen LogP contribution is 2.16. The van der Waals surface area contributed by atoms with E-state index in [4.69, 9.17) is 17.3 Å². The van der Waals surface area contributed by atoms with E-state index in [-0.39, 0.29) is 0 Å². The first kappa shape index (κ1) is 7.28. The van der Waals surface area contributed by atoms with Gasteiger partial charge in [0.2, 0.25) is 0 Å². The average Bonchev–Trinajstić information content (AvgIpc) is 1.88. The Kier molecular flexibility index (Phi) is 2.06. The van der Waals surface area contributed by atoms with E-state index >= 15 is 0 Å². The van der Waals surface area contributed by atoms with Crippen LogP contribution in [0.25, 0.3) is 0 Å². The molecule has 1 rings (SSSR count). The van der Waals surface area contributed by atoms with Crippen molar-refractivity contribution >= 4 is 17.4 Å². The van der Waals surface area contributed by atoms with E-state index in [0.29, 0.717) is 11.0 Å². The molecule has 1 aromatic rings. The summed E-state index contributed by atoms with van der Waals surface area (Å²) in [5.74, 6) is 0.475. The number of anilines is 1. The molecule has 0 radical (unpaired) electrons. The maximum atomic E-state index is 5.70. The Morgan fingerprint density at radius 2 is 2.30 bits per heavy atom. The Morgan fingerprint density at radius 3 is 2.70 bits per heavy atom. The molecule has 0 saturated carbocycles. The summed E-state index contributed by atoms with van der Waals surface area (Å²) in [5, 5.41) is 0.454. The minimum Gasteiger partial charge on any atom is -0.383 e. The number of hydrogen-bond acceptors (Lipinski definition) is 3. The van der Waals surface area contributed by atoms with Crippen molar-refractivity contribution in [3.8, 4) is 0 Å². The molecule has 3 nitrogen and oxygen atoms in total. The molecule has 0 aromatic carbocycles. The standard InChI is InChI=1S/C6H8ClN3/c1-2-4-5(7)9-3-10-6(4)8/h3H,2H2,1H3,(H2,8,9,10). The number of aromatic nitrogens is 2. The van der Waals surface area contributed by atoms with Crippen molar-refractivity contribution in [2.75, 3.05) is 5.73 Å². The third-order valence-corrected chi connectivity index (χ3v) is 1.61. The number of nitrogens with zero attached hydrogens (tertiary/aromatic N) is 2. The van der Waals surface area contributed by atoms with Gasteiger partial charge in [-0.15, -0.1) is 0 Å². The van der Waals surface area contributed by atoms with Crippen LogP contribution in [-0.4, -0.2) is 9.97 Å². The molecule has 4 heteroatoms. The molecule has 0 atom stereocenters. The molecule has 0 aliphatic heterocycles. The van der Waals surface area contributed by atoms with Gasteiger partial charge in [-0.3, -0.25) is 0 Å². The molecule has 0 saturated heterocycles. The first-order chi connectivity index (χ1) is 4.75. The zero-order valence-electron chi connectivity index (χ0n) is 5.63. The minimum absolute atomic E-state index is 0.454. The summed E-state index contributed by atoms with van der Waals surface area (Å²) in [6.07, 6.45) is 2.13. The van der Waals surface area contributed by atoms with Crippen LogP contribution in [0.2, 0.25) is 5.15 Å². The normalized spacial score (nSPS) is 9.80. The van der Waals surface area contributed by atoms with Crippen LogP contribution in [0.15, 0.2) is 6.33 Å². The second-order valence-electron chi connectivity index (χ2n) is 1.88. The minimum atomic E-state index is 0.454. The van der Waals surface area contributed by atoms with Gasteiger partial charge in [-0.2, -0.15) is 0 Å². The summed E-state index contributed by atoms with van der Waals surface area (Å²) in [5.41, 5.74) is 6.32. The van der Waals surface area contributed by atoms with E-state index in [1.807, 2.05) is 6.92 Å². The van der Waals surface area contributed by atoms with Gasteiger partial charge in [-0.1, -0.05) is 18.5 Å². The van der Waals surface area contributed by atoms with Crippen molar-refractivity contribution in [1.82, 2.24) is 9.97 Å². The quantitative estimate of drug-likeness (QED) is 0.625. The number of hydrogen-bond donors (Lipinski definition) is 1. The Morgan fingerprint density at radius 1 is 1.60 bits per heavy atom. The Bertz CT molecular complexity index is 216. The first-order valence-electron chi connectivity index (χ1n) is 3.00. The molecule has 1 heterocycles. The van der Waals surface area contributed by atoms with Gasteiger partial charge < -0.3 is 5.73 Å². The van der Waals surface area contributed by atoms with Gasteiger partial charge in [0.1, 0.15) is 17.3 Å². The Labute approximate surface area is 64.2 Å². The highest BCUT2D eigenvalue weighted by Gasteiger charge is 2.02. The van der Waals surface area contributed by atoms with Crippen LogP contribution in [0.1, 0.15) is 12.5 Å². The van der Waals surface area contributed by atoms with Crippen molar-refractivity contribution in [2.24, 2.45) is 0 Å². The lowest BCUT2D eigenvalue weighted by Gasteiger charge is -2.00. The Hall–Kier alpha value is -0.830.